The molecule has 0 saturated heterocycles. The SMILES string of the molecule is CCN(CC(=O)NC)CC(=O)Nc1ccc(CN)cc1. The van der Waals surface area contributed by atoms with Crippen LogP contribution in [-0.2, 0) is 16.1 Å². The number of nitrogens with zero attached hydrogens (tertiary/aromatic N) is 1. The lowest BCUT2D eigenvalue weighted by atomic mass is 10.2. The summed E-state index contributed by atoms with van der Waals surface area (Å²) in [4.78, 5) is 25.0. The Hall–Kier alpha value is -1.92. The first-order valence-corrected chi connectivity index (χ1v) is 6.60. The van der Waals surface area contributed by atoms with Crippen molar-refractivity contribution in [2.24, 2.45) is 5.73 Å². The summed E-state index contributed by atoms with van der Waals surface area (Å²) in [6, 6.07) is 7.37. The fraction of sp³-hybridized carbons (Fsp3) is 0.429. The number of carbonyl (C=O) groups excluding carboxylic acids is 2. The van der Waals surface area contributed by atoms with Gasteiger partial charge in [-0.15, -0.1) is 0 Å². The van der Waals surface area contributed by atoms with Crippen LogP contribution in [-0.4, -0.2) is 43.4 Å². The monoisotopic (exact) mass is 278 g/mol. The van der Waals surface area contributed by atoms with E-state index in [4.69, 9.17) is 5.73 Å². The molecule has 2 amide bonds. The summed E-state index contributed by atoms with van der Waals surface area (Å²) >= 11 is 0. The van der Waals surface area contributed by atoms with Crippen LogP contribution >= 0.6 is 0 Å². The summed E-state index contributed by atoms with van der Waals surface area (Å²) in [5.74, 6) is -0.247. The Balaban J connectivity index is 2.50. The molecule has 6 heteroatoms. The predicted octanol–water partition coefficient (Wildman–Crippen LogP) is 0.152. The van der Waals surface area contributed by atoms with Crippen LogP contribution < -0.4 is 16.4 Å². The van der Waals surface area contributed by atoms with Gasteiger partial charge in [0.05, 0.1) is 13.1 Å². The van der Waals surface area contributed by atoms with Crippen molar-refractivity contribution in [3.05, 3.63) is 29.8 Å². The molecule has 110 valence electrons. The van der Waals surface area contributed by atoms with E-state index in [1.165, 1.54) is 0 Å². The minimum absolute atomic E-state index is 0.105. The standard InChI is InChI=1S/C14H22N4O2/c1-3-18(9-13(19)16-2)10-14(20)17-12-6-4-11(8-15)5-7-12/h4-7H,3,8-10,15H2,1-2H3,(H,16,19)(H,17,20). The summed E-state index contributed by atoms with van der Waals surface area (Å²) in [5, 5.41) is 5.34. The highest BCUT2D eigenvalue weighted by molar-refractivity contribution is 5.92. The van der Waals surface area contributed by atoms with Gasteiger partial charge in [-0.1, -0.05) is 19.1 Å². The first-order valence-electron chi connectivity index (χ1n) is 6.60. The lowest BCUT2D eigenvalue weighted by molar-refractivity contribution is -0.123. The molecule has 6 nitrogen and oxygen atoms in total. The number of carbonyl (C=O) groups is 2. The highest BCUT2D eigenvalue weighted by atomic mass is 16.2. The van der Waals surface area contributed by atoms with Gasteiger partial charge in [0.2, 0.25) is 11.8 Å². The molecule has 0 aliphatic rings. The van der Waals surface area contributed by atoms with E-state index in [-0.39, 0.29) is 24.9 Å². The number of likely N-dealkylation sites (N-methyl/N-ethyl adjacent to an activating group) is 2. The van der Waals surface area contributed by atoms with Gasteiger partial charge < -0.3 is 16.4 Å². The molecule has 1 aromatic rings. The number of nitrogens with two attached hydrogens (primary N) is 1. The van der Waals surface area contributed by atoms with E-state index in [0.29, 0.717) is 13.1 Å². The Morgan fingerprint density at radius 2 is 1.75 bits per heavy atom. The van der Waals surface area contributed by atoms with Gasteiger partial charge in [0.1, 0.15) is 0 Å². The molecule has 1 rings (SSSR count). The van der Waals surface area contributed by atoms with Gasteiger partial charge in [0, 0.05) is 19.3 Å². The lowest BCUT2D eigenvalue weighted by Gasteiger charge is -2.18. The van der Waals surface area contributed by atoms with Crippen LogP contribution in [0.25, 0.3) is 0 Å². The predicted molar refractivity (Wildman–Crippen MR) is 79.1 cm³/mol. The number of hydrogen-bond acceptors (Lipinski definition) is 4. The molecule has 0 unspecified atom stereocenters. The zero-order valence-electron chi connectivity index (χ0n) is 12.0. The number of amides is 2. The second-order valence-corrected chi connectivity index (χ2v) is 4.43. The molecule has 0 saturated carbocycles. The Morgan fingerprint density at radius 1 is 1.15 bits per heavy atom. The number of hydrogen-bond donors (Lipinski definition) is 3. The summed E-state index contributed by atoms with van der Waals surface area (Å²) in [7, 11) is 1.58. The van der Waals surface area contributed by atoms with Crippen molar-refractivity contribution in [1.82, 2.24) is 10.2 Å². The Labute approximate surface area is 119 Å². The van der Waals surface area contributed by atoms with Crippen molar-refractivity contribution in [3.8, 4) is 0 Å². The van der Waals surface area contributed by atoms with E-state index in [0.717, 1.165) is 11.3 Å². The van der Waals surface area contributed by atoms with Crippen LogP contribution in [0.4, 0.5) is 5.69 Å². The summed E-state index contributed by atoms with van der Waals surface area (Å²) in [5.41, 5.74) is 7.25. The van der Waals surface area contributed by atoms with E-state index in [2.05, 4.69) is 10.6 Å². The highest BCUT2D eigenvalue weighted by Gasteiger charge is 2.12. The molecule has 0 fully saturated rings. The molecular formula is C14H22N4O2. The number of anilines is 1. The van der Waals surface area contributed by atoms with Crippen LogP contribution in [0.15, 0.2) is 24.3 Å². The minimum Gasteiger partial charge on any atom is -0.358 e. The molecule has 0 aliphatic heterocycles. The summed E-state index contributed by atoms with van der Waals surface area (Å²) < 4.78 is 0. The van der Waals surface area contributed by atoms with Gasteiger partial charge in [-0.2, -0.15) is 0 Å². The number of rotatable bonds is 7. The maximum Gasteiger partial charge on any atom is 0.238 e. The third kappa shape index (κ3) is 5.38. The maximum atomic E-state index is 11.9. The van der Waals surface area contributed by atoms with Gasteiger partial charge >= 0.3 is 0 Å². The van der Waals surface area contributed by atoms with Gasteiger partial charge in [-0.3, -0.25) is 14.5 Å². The second-order valence-electron chi connectivity index (χ2n) is 4.43. The zero-order valence-corrected chi connectivity index (χ0v) is 12.0. The molecule has 0 spiro atoms. The number of benzene rings is 1. The Bertz CT molecular complexity index is 445. The van der Waals surface area contributed by atoms with E-state index in [9.17, 15) is 9.59 Å². The van der Waals surface area contributed by atoms with Crippen molar-refractivity contribution in [1.29, 1.82) is 0 Å². The summed E-state index contributed by atoms with van der Waals surface area (Å²) in [6.45, 7) is 3.41. The molecule has 4 N–H and O–H groups in total. The van der Waals surface area contributed by atoms with Crippen molar-refractivity contribution in [2.45, 2.75) is 13.5 Å². The average molecular weight is 278 g/mol. The van der Waals surface area contributed by atoms with Crippen molar-refractivity contribution < 1.29 is 9.59 Å². The van der Waals surface area contributed by atoms with Crippen LogP contribution in [0, 0.1) is 0 Å². The molecule has 0 heterocycles. The topological polar surface area (TPSA) is 87.5 Å². The third-order valence-electron chi connectivity index (χ3n) is 2.93. The first kappa shape index (κ1) is 16.1. The van der Waals surface area contributed by atoms with Crippen molar-refractivity contribution >= 4 is 17.5 Å². The van der Waals surface area contributed by atoms with Gasteiger partial charge in [0.15, 0.2) is 0 Å². The third-order valence-corrected chi connectivity index (χ3v) is 2.93. The molecule has 20 heavy (non-hydrogen) atoms. The molecule has 0 atom stereocenters. The lowest BCUT2D eigenvalue weighted by Crippen LogP contribution is -2.40. The fourth-order valence-corrected chi connectivity index (χ4v) is 1.69. The van der Waals surface area contributed by atoms with E-state index < -0.39 is 0 Å². The van der Waals surface area contributed by atoms with Crippen LogP contribution in [0.2, 0.25) is 0 Å². The normalized spacial score (nSPS) is 10.4. The summed E-state index contributed by atoms with van der Waals surface area (Å²) in [6.07, 6.45) is 0. The maximum absolute atomic E-state index is 11.9. The smallest absolute Gasteiger partial charge is 0.238 e. The van der Waals surface area contributed by atoms with Crippen molar-refractivity contribution in [3.63, 3.8) is 0 Å². The van der Waals surface area contributed by atoms with Crippen LogP contribution in [0.1, 0.15) is 12.5 Å². The number of nitrogens with one attached hydrogen (secondary N) is 2. The second kappa shape index (κ2) is 8.29. The van der Waals surface area contributed by atoms with E-state index in [1.807, 2.05) is 31.2 Å². The first-order chi connectivity index (χ1) is 9.58. The minimum atomic E-state index is -0.142. The molecule has 1 aromatic carbocycles. The van der Waals surface area contributed by atoms with Crippen LogP contribution in [0.5, 0.6) is 0 Å². The highest BCUT2D eigenvalue weighted by Crippen LogP contribution is 2.09. The Kier molecular flexibility index (Phi) is 6.69. The Morgan fingerprint density at radius 3 is 2.25 bits per heavy atom. The van der Waals surface area contributed by atoms with E-state index >= 15 is 0 Å². The van der Waals surface area contributed by atoms with Crippen LogP contribution in [0.3, 0.4) is 0 Å². The van der Waals surface area contributed by atoms with Gasteiger partial charge in [-0.25, -0.2) is 0 Å². The van der Waals surface area contributed by atoms with Crippen molar-refractivity contribution in [2.75, 3.05) is 32.0 Å². The molecular weight excluding hydrogens is 256 g/mol. The van der Waals surface area contributed by atoms with Gasteiger partial charge in [-0.05, 0) is 24.2 Å². The van der Waals surface area contributed by atoms with E-state index in [1.54, 1.807) is 11.9 Å². The molecule has 0 aromatic heterocycles. The molecule has 0 radical (unpaired) electrons. The largest absolute Gasteiger partial charge is 0.358 e. The zero-order chi connectivity index (χ0) is 15.0. The van der Waals surface area contributed by atoms with Gasteiger partial charge in [0.25, 0.3) is 0 Å². The molecule has 0 bridgehead atoms. The average Bonchev–Trinajstić information content (AvgIpc) is 2.47. The molecule has 0 aliphatic carbocycles. The fourth-order valence-electron chi connectivity index (χ4n) is 1.69. The quantitative estimate of drug-likeness (QED) is 0.662.